The van der Waals surface area contributed by atoms with Crippen molar-refractivity contribution in [1.29, 1.82) is 0 Å². The highest BCUT2D eigenvalue weighted by atomic mass is 16.5. The van der Waals surface area contributed by atoms with E-state index in [-0.39, 0.29) is 0 Å². The molecular weight excluding hydrogens is 240 g/mol. The van der Waals surface area contributed by atoms with Gasteiger partial charge in [-0.2, -0.15) is 5.10 Å². The molecule has 2 rings (SSSR count). The first-order valence-corrected chi connectivity index (χ1v) is 7.44. The third-order valence-electron chi connectivity index (χ3n) is 3.43. The van der Waals surface area contributed by atoms with Crippen LogP contribution in [0.4, 0.5) is 0 Å². The second-order valence-corrected chi connectivity index (χ2v) is 5.71. The van der Waals surface area contributed by atoms with Gasteiger partial charge in [0.1, 0.15) is 12.2 Å². The first-order chi connectivity index (χ1) is 9.25. The van der Waals surface area contributed by atoms with Gasteiger partial charge in [0.05, 0.1) is 12.6 Å². The number of ether oxygens (including phenoxy) is 1. The van der Waals surface area contributed by atoms with Crippen molar-refractivity contribution in [3.05, 3.63) is 12.2 Å². The molecule has 1 aliphatic heterocycles. The Kier molecular flexibility index (Phi) is 5.79. The molecule has 0 amide bonds. The summed E-state index contributed by atoms with van der Waals surface area (Å²) < 4.78 is 7.71. The van der Waals surface area contributed by atoms with Gasteiger partial charge in [-0.3, -0.25) is 0 Å². The van der Waals surface area contributed by atoms with Gasteiger partial charge in [0.15, 0.2) is 0 Å². The number of nitrogens with one attached hydrogen (secondary N) is 1. The van der Waals surface area contributed by atoms with E-state index in [0.717, 1.165) is 38.5 Å². The van der Waals surface area contributed by atoms with Gasteiger partial charge in [-0.1, -0.05) is 13.8 Å². The van der Waals surface area contributed by atoms with Crippen LogP contribution in [0.3, 0.4) is 0 Å². The molecule has 0 aromatic carbocycles. The number of nitrogens with zero attached hydrogens (tertiary/aromatic N) is 3. The Morgan fingerprint density at radius 1 is 1.47 bits per heavy atom. The molecule has 0 saturated carbocycles. The molecule has 1 aliphatic rings. The minimum atomic E-state index is 0.454. The van der Waals surface area contributed by atoms with Crippen molar-refractivity contribution in [2.75, 3.05) is 13.2 Å². The molecule has 1 fully saturated rings. The van der Waals surface area contributed by atoms with Crippen LogP contribution in [-0.4, -0.2) is 34.0 Å². The summed E-state index contributed by atoms with van der Waals surface area (Å²) in [5.74, 6) is 1.62. The lowest BCUT2D eigenvalue weighted by Gasteiger charge is -2.22. The van der Waals surface area contributed by atoms with Gasteiger partial charge in [-0.15, -0.1) is 0 Å². The second-order valence-electron chi connectivity index (χ2n) is 5.71. The lowest BCUT2D eigenvalue weighted by molar-refractivity contribution is 0.0115. The Morgan fingerprint density at radius 2 is 2.37 bits per heavy atom. The summed E-state index contributed by atoms with van der Waals surface area (Å²) in [7, 11) is 0. The van der Waals surface area contributed by atoms with Gasteiger partial charge in [0, 0.05) is 13.2 Å². The minimum Gasteiger partial charge on any atom is -0.378 e. The largest absolute Gasteiger partial charge is 0.378 e. The van der Waals surface area contributed by atoms with E-state index in [2.05, 4.69) is 29.2 Å². The number of rotatable bonds is 7. The summed E-state index contributed by atoms with van der Waals surface area (Å²) >= 11 is 0. The van der Waals surface area contributed by atoms with Crippen molar-refractivity contribution in [3.8, 4) is 0 Å². The molecule has 0 spiro atoms. The molecule has 1 aromatic heterocycles. The number of hydrogen-bond donors (Lipinski definition) is 1. The molecular formula is C14H26N4O. The molecule has 5 heteroatoms. The monoisotopic (exact) mass is 266 g/mol. The Balaban J connectivity index is 1.66. The van der Waals surface area contributed by atoms with Crippen LogP contribution in [-0.2, 0) is 17.8 Å². The highest BCUT2D eigenvalue weighted by Crippen LogP contribution is 2.14. The van der Waals surface area contributed by atoms with Crippen LogP contribution in [0.2, 0.25) is 0 Å². The summed E-state index contributed by atoms with van der Waals surface area (Å²) in [6.07, 6.45) is 6.94. The molecule has 1 saturated heterocycles. The lowest BCUT2D eigenvalue weighted by Crippen LogP contribution is -2.26. The number of aromatic nitrogens is 3. The summed E-state index contributed by atoms with van der Waals surface area (Å²) in [5, 5.41) is 7.71. The fourth-order valence-electron chi connectivity index (χ4n) is 2.42. The molecule has 0 aliphatic carbocycles. The minimum absolute atomic E-state index is 0.454. The van der Waals surface area contributed by atoms with Crippen molar-refractivity contribution in [2.45, 2.75) is 58.7 Å². The van der Waals surface area contributed by atoms with Crippen LogP contribution in [0.1, 0.15) is 45.4 Å². The van der Waals surface area contributed by atoms with Gasteiger partial charge in [-0.25, -0.2) is 9.67 Å². The van der Waals surface area contributed by atoms with Crippen molar-refractivity contribution in [3.63, 3.8) is 0 Å². The van der Waals surface area contributed by atoms with Gasteiger partial charge >= 0.3 is 0 Å². The molecule has 108 valence electrons. The van der Waals surface area contributed by atoms with E-state index < -0.39 is 0 Å². The third-order valence-corrected chi connectivity index (χ3v) is 3.43. The maximum absolute atomic E-state index is 5.72. The lowest BCUT2D eigenvalue weighted by atomic mass is 10.1. The van der Waals surface area contributed by atoms with Crippen molar-refractivity contribution < 1.29 is 4.74 Å². The fraction of sp³-hybridized carbons (Fsp3) is 0.857. The van der Waals surface area contributed by atoms with Crippen molar-refractivity contribution in [2.24, 2.45) is 5.92 Å². The van der Waals surface area contributed by atoms with Crippen molar-refractivity contribution >= 4 is 0 Å². The van der Waals surface area contributed by atoms with E-state index in [9.17, 15) is 0 Å². The standard InChI is InChI=1S/C14H26N4O/c1-12(2)10-18-14(16-11-17-18)9-15-7-6-13-5-3-4-8-19-13/h11-13,15H,3-10H2,1-2H3. The average molecular weight is 266 g/mol. The van der Waals surface area contributed by atoms with E-state index in [1.54, 1.807) is 6.33 Å². The molecule has 2 heterocycles. The smallest absolute Gasteiger partial charge is 0.140 e. The van der Waals surface area contributed by atoms with Crippen molar-refractivity contribution in [1.82, 2.24) is 20.1 Å². The molecule has 1 atom stereocenters. The molecule has 19 heavy (non-hydrogen) atoms. The van der Waals surface area contributed by atoms with Gasteiger partial charge in [0.25, 0.3) is 0 Å². The maximum Gasteiger partial charge on any atom is 0.140 e. The molecule has 1 N–H and O–H groups in total. The van der Waals surface area contributed by atoms with E-state index in [4.69, 9.17) is 4.74 Å². The van der Waals surface area contributed by atoms with Crippen LogP contribution in [0.5, 0.6) is 0 Å². The zero-order chi connectivity index (χ0) is 13.5. The predicted octanol–water partition coefficient (Wildman–Crippen LogP) is 1.98. The average Bonchev–Trinajstić information content (AvgIpc) is 2.82. The molecule has 0 bridgehead atoms. The molecule has 0 radical (unpaired) electrons. The third kappa shape index (κ3) is 4.91. The zero-order valence-corrected chi connectivity index (χ0v) is 12.1. The van der Waals surface area contributed by atoms with E-state index >= 15 is 0 Å². The highest BCUT2D eigenvalue weighted by molar-refractivity contribution is 4.84. The van der Waals surface area contributed by atoms with Crippen LogP contribution in [0.25, 0.3) is 0 Å². The first-order valence-electron chi connectivity index (χ1n) is 7.44. The first kappa shape index (κ1) is 14.5. The zero-order valence-electron chi connectivity index (χ0n) is 12.1. The fourth-order valence-corrected chi connectivity index (χ4v) is 2.42. The van der Waals surface area contributed by atoms with Gasteiger partial charge < -0.3 is 10.1 Å². The van der Waals surface area contributed by atoms with E-state index in [1.165, 1.54) is 19.3 Å². The summed E-state index contributed by atoms with van der Waals surface area (Å²) in [6, 6.07) is 0. The van der Waals surface area contributed by atoms with E-state index in [1.807, 2.05) is 4.68 Å². The highest BCUT2D eigenvalue weighted by Gasteiger charge is 2.13. The summed E-state index contributed by atoms with van der Waals surface area (Å²) in [5.41, 5.74) is 0. The van der Waals surface area contributed by atoms with Gasteiger partial charge in [0.2, 0.25) is 0 Å². The second kappa shape index (κ2) is 7.60. The van der Waals surface area contributed by atoms with Gasteiger partial charge in [-0.05, 0) is 38.1 Å². The Labute approximate surface area is 115 Å². The topological polar surface area (TPSA) is 52.0 Å². The van der Waals surface area contributed by atoms with E-state index in [0.29, 0.717) is 12.0 Å². The normalized spacial score (nSPS) is 20.1. The van der Waals surface area contributed by atoms with Crippen LogP contribution in [0, 0.1) is 5.92 Å². The summed E-state index contributed by atoms with van der Waals surface area (Å²) in [4.78, 5) is 4.31. The Hall–Kier alpha value is -0.940. The Bertz CT molecular complexity index is 358. The molecule has 5 nitrogen and oxygen atoms in total. The summed E-state index contributed by atoms with van der Waals surface area (Å²) in [6.45, 7) is 8.04. The number of hydrogen-bond acceptors (Lipinski definition) is 4. The predicted molar refractivity (Wildman–Crippen MR) is 74.8 cm³/mol. The molecule has 1 aromatic rings. The maximum atomic E-state index is 5.72. The van der Waals surface area contributed by atoms with Crippen LogP contribution < -0.4 is 5.32 Å². The SMILES string of the molecule is CC(C)Cn1ncnc1CNCCC1CCCCO1. The van der Waals surface area contributed by atoms with Crippen LogP contribution in [0.15, 0.2) is 6.33 Å². The molecule has 1 unspecified atom stereocenters. The quantitative estimate of drug-likeness (QED) is 0.767. The Morgan fingerprint density at radius 3 is 3.11 bits per heavy atom. The van der Waals surface area contributed by atoms with Crippen LogP contribution >= 0.6 is 0 Å².